The lowest BCUT2D eigenvalue weighted by atomic mass is 9.91. The van der Waals surface area contributed by atoms with Gasteiger partial charge < -0.3 is 4.74 Å². The summed E-state index contributed by atoms with van der Waals surface area (Å²) in [5, 5.41) is 2.15. The van der Waals surface area contributed by atoms with E-state index in [4.69, 9.17) is 4.74 Å². The minimum absolute atomic E-state index is 0.286. The van der Waals surface area contributed by atoms with E-state index >= 15 is 0 Å². The van der Waals surface area contributed by atoms with Gasteiger partial charge in [-0.1, -0.05) is 77.9 Å². The van der Waals surface area contributed by atoms with Crippen molar-refractivity contribution >= 4 is 16.7 Å². The van der Waals surface area contributed by atoms with Gasteiger partial charge >= 0.3 is 5.97 Å². The summed E-state index contributed by atoms with van der Waals surface area (Å²) in [6, 6.07) is 27.1. The molecule has 0 aliphatic carbocycles. The van der Waals surface area contributed by atoms with Crippen molar-refractivity contribution in [2.45, 2.75) is 20.8 Å². The first-order valence-electron chi connectivity index (χ1n) is 9.95. The van der Waals surface area contributed by atoms with Crippen LogP contribution < -0.4 is 0 Å². The molecule has 0 bridgehead atoms. The standard InChI is InChI=1S/C27H24O2/c1-4-29-27(28)26-16-22-6-5-7-23(20-12-8-18(2)9-13-20)25(22)17-24(26)21-14-10-19(3)11-15-21/h5-17H,4H2,1-3H3. The molecule has 0 saturated carbocycles. The van der Waals surface area contributed by atoms with Crippen molar-refractivity contribution in [3.8, 4) is 22.3 Å². The third kappa shape index (κ3) is 3.79. The number of carbonyl (C=O) groups excluding carboxylic acids is 1. The molecule has 0 fully saturated rings. The molecule has 0 saturated heterocycles. The van der Waals surface area contributed by atoms with E-state index in [-0.39, 0.29) is 5.97 Å². The molecule has 0 atom stereocenters. The normalized spacial score (nSPS) is 10.9. The van der Waals surface area contributed by atoms with Crippen molar-refractivity contribution in [2.75, 3.05) is 6.61 Å². The molecule has 144 valence electrons. The first kappa shape index (κ1) is 18.9. The van der Waals surface area contributed by atoms with E-state index in [1.807, 2.05) is 19.1 Å². The van der Waals surface area contributed by atoms with E-state index in [9.17, 15) is 4.79 Å². The molecule has 0 spiro atoms. The van der Waals surface area contributed by atoms with E-state index in [0.29, 0.717) is 12.2 Å². The fourth-order valence-electron chi connectivity index (χ4n) is 3.66. The van der Waals surface area contributed by atoms with Crippen LogP contribution in [0.2, 0.25) is 0 Å². The second kappa shape index (κ2) is 7.92. The Balaban J connectivity index is 1.98. The third-order valence-electron chi connectivity index (χ3n) is 5.24. The summed E-state index contributed by atoms with van der Waals surface area (Å²) in [4.78, 5) is 12.7. The monoisotopic (exact) mass is 380 g/mol. The van der Waals surface area contributed by atoms with Crippen LogP contribution in [0.5, 0.6) is 0 Å². The molecule has 0 heterocycles. The van der Waals surface area contributed by atoms with Crippen LogP contribution >= 0.6 is 0 Å². The lowest BCUT2D eigenvalue weighted by molar-refractivity contribution is 0.0527. The van der Waals surface area contributed by atoms with Crippen LogP contribution in [0.3, 0.4) is 0 Å². The second-order valence-electron chi connectivity index (χ2n) is 7.38. The summed E-state index contributed by atoms with van der Waals surface area (Å²) in [6.45, 7) is 6.34. The minimum Gasteiger partial charge on any atom is -0.462 e. The highest BCUT2D eigenvalue weighted by Gasteiger charge is 2.17. The van der Waals surface area contributed by atoms with Crippen LogP contribution in [0.15, 0.2) is 78.9 Å². The number of carbonyl (C=O) groups is 1. The first-order chi connectivity index (χ1) is 14.1. The highest BCUT2D eigenvalue weighted by Crippen LogP contribution is 2.35. The smallest absolute Gasteiger partial charge is 0.338 e. The number of ether oxygens (including phenoxy) is 1. The van der Waals surface area contributed by atoms with Crippen molar-refractivity contribution in [3.05, 3.63) is 95.6 Å². The molecule has 2 heteroatoms. The van der Waals surface area contributed by atoms with Gasteiger partial charge in [-0.25, -0.2) is 4.79 Å². The maximum absolute atomic E-state index is 12.7. The van der Waals surface area contributed by atoms with Gasteiger partial charge in [0.2, 0.25) is 0 Å². The maximum atomic E-state index is 12.7. The van der Waals surface area contributed by atoms with E-state index in [1.165, 1.54) is 16.7 Å². The molecule has 0 radical (unpaired) electrons. The fraction of sp³-hybridized carbons (Fsp3) is 0.148. The zero-order valence-corrected chi connectivity index (χ0v) is 17.0. The van der Waals surface area contributed by atoms with Gasteiger partial charge in [0.25, 0.3) is 0 Å². The molecule has 4 aromatic rings. The number of fused-ring (bicyclic) bond motifs is 1. The van der Waals surface area contributed by atoms with Crippen LogP contribution in [-0.4, -0.2) is 12.6 Å². The number of esters is 1. The average Bonchev–Trinajstić information content (AvgIpc) is 2.74. The Kier molecular flexibility index (Phi) is 5.18. The maximum Gasteiger partial charge on any atom is 0.338 e. The summed E-state index contributed by atoms with van der Waals surface area (Å²) in [5.74, 6) is -0.286. The third-order valence-corrected chi connectivity index (χ3v) is 5.24. The van der Waals surface area contributed by atoms with Crippen LogP contribution in [0.25, 0.3) is 33.0 Å². The van der Waals surface area contributed by atoms with E-state index in [2.05, 4.69) is 80.6 Å². The van der Waals surface area contributed by atoms with Crippen LogP contribution in [-0.2, 0) is 4.74 Å². The first-order valence-corrected chi connectivity index (χ1v) is 9.95. The van der Waals surface area contributed by atoms with Gasteiger partial charge in [-0.15, -0.1) is 0 Å². The molecule has 4 rings (SSSR count). The summed E-state index contributed by atoms with van der Waals surface area (Å²) in [5.41, 5.74) is 7.26. The minimum atomic E-state index is -0.286. The Morgan fingerprint density at radius 2 is 1.34 bits per heavy atom. The van der Waals surface area contributed by atoms with Crippen LogP contribution in [0, 0.1) is 13.8 Å². The number of benzene rings is 4. The largest absolute Gasteiger partial charge is 0.462 e. The van der Waals surface area contributed by atoms with Crippen molar-refractivity contribution in [2.24, 2.45) is 0 Å². The fourth-order valence-corrected chi connectivity index (χ4v) is 3.66. The second-order valence-corrected chi connectivity index (χ2v) is 7.38. The molecule has 0 aromatic heterocycles. The summed E-state index contributed by atoms with van der Waals surface area (Å²) >= 11 is 0. The molecule has 0 unspecified atom stereocenters. The van der Waals surface area contributed by atoms with Gasteiger partial charge in [-0.05, 0) is 65.9 Å². The summed E-state index contributed by atoms with van der Waals surface area (Å²) < 4.78 is 5.35. The highest BCUT2D eigenvalue weighted by atomic mass is 16.5. The Labute approximate surface area is 171 Å². The lowest BCUT2D eigenvalue weighted by Crippen LogP contribution is -2.06. The van der Waals surface area contributed by atoms with Crippen LogP contribution in [0.1, 0.15) is 28.4 Å². The van der Waals surface area contributed by atoms with Gasteiger partial charge in [0.15, 0.2) is 0 Å². The topological polar surface area (TPSA) is 26.3 Å². The SMILES string of the molecule is CCOC(=O)c1cc2cccc(-c3ccc(C)cc3)c2cc1-c1ccc(C)cc1. The molecule has 4 aromatic carbocycles. The number of hydrogen-bond donors (Lipinski definition) is 0. The van der Waals surface area contributed by atoms with E-state index in [1.54, 1.807) is 0 Å². The predicted octanol–water partition coefficient (Wildman–Crippen LogP) is 6.97. The molecule has 0 aliphatic heterocycles. The number of rotatable bonds is 4. The van der Waals surface area contributed by atoms with Crippen molar-refractivity contribution in [3.63, 3.8) is 0 Å². The van der Waals surface area contributed by atoms with Crippen LogP contribution in [0.4, 0.5) is 0 Å². The summed E-state index contributed by atoms with van der Waals surface area (Å²) in [7, 11) is 0. The molecule has 0 aliphatic rings. The van der Waals surface area contributed by atoms with Gasteiger partial charge in [0.05, 0.1) is 12.2 Å². The van der Waals surface area contributed by atoms with Crippen molar-refractivity contribution in [1.29, 1.82) is 0 Å². The van der Waals surface area contributed by atoms with Crippen molar-refractivity contribution in [1.82, 2.24) is 0 Å². The Bertz CT molecular complexity index is 1170. The molecule has 0 amide bonds. The van der Waals surface area contributed by atoms with Gasteiger partial charge in [0, 0.05) is 0 Å². The molecular formula is C27H24O2. The summed E-state index contributed by atoms with van der Waals surface area (Å²) in [6.07, 6.45) is 0. The quantitative estimate of drug-likeness (QED) is 0.357. The predicted molar refractivity (Wildman–Crippen MR) is 120 cm³/mol. The molecular weight excluding hydrogens is 356 g/mol. The van der Waals surface area contributed by atoms with Gasteiger partial charge in [-0.3, -0.25) is 0 Å². The van der Waals surface area contributed by atoms with E-state index < -0.39 is 0 Å². The Hall–Kier alpha value is -3.39. The number of aryl methyl sites for hydroxylation is 2. The highest BCUT2D eigenvalue weighted by molar-refractivity contribution is 6.06. The Morgan fingerprint density at radius 1 is 0.759 bits per heavy atom. The number of hydrogen-bond acceptors (Lipinski definition) is 2. The molecule has 29 heavy (non-hydrogen) atoms. The Morgan fingerprint density at radius 3 is 1.93 bits per heavy atom. The van der Waals surface area contributed by atoms with E-state index in [0.717, 1.165) is 27.5 Å². The van der Waals surface area contributed by atoms with Gasteiger partial charge in [-0.2, -0.15) is 0 Å². The molecule has 2 nitrogen and oxygen atoms in total. The average molecular weight is 380 g/mol. The van der Waals surface area contributed by atoms with Crippen molar-refractivity contribution < 1.29 is 9.53 Å². The zero-order valence-electron chi connectivity index (χ0n) is 17.0. The molecule has 0 N–H and O–H groups in total. The zero-order chi connectivity index (χ0) is 20.4. The van der Waals surface area contributed by atoms with Gasteiger partial charge in [0.1, 0.15) is 0 Å². The lowest BCUT2D eigenvalue weighted by Gasteiger charge is -2.14.